The Hall–Kier alpha value is -1.36. The van der Waals surface area contributed by atoms with Gasteiger partial charge in [0.25, 0.3) is 0 Å². The first-order valence-electron chi connectivity index (χ1n) is 4.70. The van der Waals surface area contributed by atoms with Crippen LogP contribution in [0.3, 0.4) is 0 Å². The second-order valence-electron chi connectivity index (χ2n) is 3.98. The topological polar surface area (TPSA) is 83.8 Å². The van der Waals surface area contributed by atoms with E-state index in [1.807, 2.05) is 0 Å². The van der Waals surface area contributed by atoms with E-state index in [0.717, 1.165) is 12.8 Å². The molecule has 1 saturated carbocycles. The maximum Gasteiger partial charge on any atom is 0.245 e. The van der Waals surface area contributed by atoms with Gasteiger partial charge in [-0.3, -0.25) is 9.89 Å². The molecule has 0 aromatic carbocycles. The van der Waals surface area contributed by atoms with Crippen LogP contribution < -0.4 is 11.1 Å². The molecule has 1 heterocycles. The molecule has 0 saturated heterocycles. The van der Waals surface area contributed by atoms with Crippen LogP contribution in [0.1, 0.15) is 19.8 Å². The number of aromatic nitrogens is 2. The summed E-state index contributed by atoms with van der Waals surface area (Å²) < 4.78 is 0. The van der Waals surface area contributed by atoms with Crippen molar-refractivity contribution in [3.63, 3.8) is 0 Å². The molecule has 1 fully saturated rings. The molecule has 1 atom stereocenters. The van der Waals surface area contributed by atoms with E-state index in [4.69, 9.17) is 5.73 Å². The third-order valence-corrected chi connectivity index (χ3v) is 2.66. The van der Waals surface area contributed by atoms with E-state index in [1.165, 1.54) is 0 Å². The molecule has 5 nitrogen and oxygen atoms in total. The van der Waals surface area contributed by atoms with Gasteiger partial charge in [-0.25, -0.2) is 0 Å². The van der Waals surface area contributed by atoms with Crippen LogP contribution in [-0.4, -0.2) is 21.6 Å². The van der Waals surface area contributed by atoms with Crippen molar-refractivity contribution in [1.29, 1.82) is 0 Å². The fourth-order valence-electron chi connectivity index (χ4n) is 1.45. The number of hydrogen-bond acceptors (Lipinski definition) is 3. The van der Waals surface area contributed by atoms with Crippen molar-refractivity contribution in [2.75, 3.05) is 5.32 Å². The van der Waals surface area contributed by atoms with Crippen LogP contribution in [0.5, 0.6) is 0 Å². The molecule has 2 rings (SSSR count). The lowest BCUT2D eigenvalue weighted by atomic mass is 9.96. The summed E-state index contributed by atoms with van der Waals surface area (Å²) in [6.45, 7) is 1.77. The van der Waals surface area contributed by atoms with Gasteiger partial charge < -0.3 is 11.1 Å². The summed E-state index contributed by atoms with van der Waals surface area (Å²) in [5.74, 6) is 0.766. The molecule has 1 amide bonds. The van der Waals surface area contributed by atoms with Crippen LogP contribution >= 0.6 is 0 Å². The minimum atomic E-state index is -0.759. The molecule has 0 spiro atoms. The molecular formula is C9H14N4O. The molecule has 0 aliphatic heterocycles. The highest BCUT2D eigenvalue weighted by molar-refractivity contribution is 5.97. The van der Waals surface area contributed by atoms with E-state index < -0.39 is 5.54 Å². The first-order valence-corrected chi connectivity index (χ1v) is 4.70. The molecule has 0 radical (unpaired) electrons. The second kappa shape index (κ2) is 3.09. The van der Waals surface area contributed by atoms with E-state index in [9.17, 15) is 4.79 Å². The number of H-pyrrole nitrogens is 1. The Morgan fingerprint density at radius 2 is 2.50 bits per heavy atom. The molecule has 76 valence electrons. The molecular weight excluding hydrogens is 180 g/mol. The number of aromatic amines is 1. The number of rotatable bonds is 3. The highest BCUT2D eigenvalue weighted by atomic mass is 16.2. The number of anilines is 1. The predicted octanol–water partition coefficient (Wildman–Crippen LogP) is 0.476. The summed E-state index contributed by atoms with van der Waals surface area (Å²) in [6, 6.07) is 1.70. The van der Waals surface area contributed by atoms with Crippen LogP contribution in [0.25, 0.3) is 0 Å². The Labute approximate surface area is 82.1 Å². The van der Waals surface area contributed by atoms with Gasteiger partial charge in [-0.15, -0.1) is 0 Å². The molecule has 1 unspecified atom stereocenters. The minimum Gasteiger partial charge on any atom is -0.317 e. The number of amides is 1. The quantitative estimate of drug-likeness (QED) is 0.654. The monoisotopic (exact) mass is 194 g/mol. The summed E-state index contributed by atoms with van der Waals surface area (Å²) in [5.41, 5.74) is 5.18. The predicted molar refractivity (Wildman–Crippen MR) is 52.5 cm³/mol. The largest absolute Gasteiger partial charge is 0.317 e. The highest BCUT2D eigenvalue weighted by Crippen LogP contribution is 2.38. The lowest BCUT2D eigenvalue weighted by molar-refractivity contribution is -0.121. The smallest absolute Gasteiger partial charge is 0.245 e. The lowest BCUT2D eigenvalue weighted by Crippen LogP contribution is -2.50. The van der Waals surface area contributed by atoms with Crippen LogP contribution in [0.4, 0.5) is 5.82 Å². The number of carbonyl (C=O) groups excluding carboxylic acids is 1. The van der Waals surface area contributed by atoms with Gasteiger partial charge in [0, 0.05) is 6.07 Å². The summed E-state index contributed by atoms with van der Waals surface area (Å²) in [5, 5.41) is 9.10. The maximum absolute atomic E-state index is 11.7. The van der Waals surface area contributed by atoms with Crippen molar-refractivity contribution in [3.8, 4) is 0 Å². The molecule has 1 aliphatic carbocycles. The fraction of sp³-hybridized carbons (Fsp3) is 0.556. The van der Waals surface area contributed by atoms with Crippen molar-refractivity contribution >= 4 is 11.7 Å². The number of nitrogens with two attached hydrogens (primary N) is 1. The Bertz CT molecular complexity index is 327. The normalized spacial score (nSPS) is 20.1. The zero-order chi connectivity index (χ0) is 10.2. The molecule has 14 heavy (non-hydrogen) atoms. The molecule has 0 bridgehead atoms. The third kappa shape index (κ3) is 1.63. The molecule has 1 aliphatic rings. The third-order valence-electron chi connectivity index (χ3n) is 2.66. The van der Waals surface area contributed by atoms with E-state index in [0.29, 0.717) is 11.7 Å². The van der Waals surface area contributed by atoms with Gasteiger partial charge in [0.15, 0.2) is 0 Å². The Kier molecular flexibility index (Phi) is 2.03. The van der Waals surface area contributed by atoms with Crippen molar-refractivity contribution in [2.24, 2.45) is 11.7 Å². The average Bonchev–Trinajstić information content (AvgIpc) is 2.88. The Balaban J connectivity index is 2.01. The standard InChI is InChI=1S/C9H14N4O/c1-9(10,6-2-3-6)8(14)12-7-4-5-11-13-7/h4-6H,2-3,10H2,1H3,(H2,11,12,13,14). The summed E-state index contributed by atoms with van der Waals surface area (Å²) in [6.07, 6.45) is 3.67. The van der Waals surface area contributed by atoms with Crippen molar-refractivity contribution in [3.05, 3.63) is 12.3 Å². The summed E-state index contributed by atoms with van der Waals surface area (Å²) in [4.78, 5) is 11.7. The van der Waals surface area contributed by atoms with Gasteiger partial charge in [0.05, 0.1) is 11.7 Å². The summed E-state index contributed by atoms with van der Waals surface area (Å²) in [7, 11) is 0. The Morgan fingerprint density at radius 1 is 1.79 bits per heavy atom. The zero-order valence-corrected chi connectivity index (χ0v) is 8.08. The SMILES string of the molecule is CC(N)(C(=O)Nc1ccn[nH]1)C1CC1. The fourth-order valence-corrected chi connectivity index (χ4v) is 1.45. The first kappa shape index (κ1) is 9.21. The summed E-state index contributed by atoms with van der Waals surface area (Å²) >= 11 is 0. The maximum atomic E-state index is 11.7. The number of nitrogens with zero attached hydrogens (tertiary/aromatic N) is 1. The van der Waals surface area contributed by atoms with E-state index >= 15 is 0 Å². The van der Waals surface area contributed by atoms with Crippen LogP contribution in [-0.2, 0) is 4.79 Å². The van der Waals surface area contributed by atoms with Crippen molar-refractivity contribution < 1.29 is 4.79 Å². The van der Waals surface area contributed by atoms with Gasteiger partial charge >= 0.3 is 0 Å². The number of nitrogens with one attached hydrogen (secondary N) is 2. The van der Waals surface area contributed by atoms with E-state index in [2.05, 4.69) is 15.5 Å². The van der Waals surface area contributed by atoms with E-state index in [-0.39, 0.29) is 5.91 Å². The molecule has 5 heteroatoms. The van der Waals surface area contributed by atoms with E-state index in [1.54, 1.807) is 19.2 Å². The molecule has 4 N–H and O–H groups in total. The van der Waals surface area contributed by atoms with Gasteiger partial charge in [0.1, 0.15) is 5.82 Å². The van der Waals surface area contributed by atoms with Crippen LogP contribution in [0.15, 0.2) is 12.3 Å². The van der Waals surface area contributed by atoms with Crippen molar-refractivity contribution in [2.45, 2.75) is 25.3 Å². The highest BCUT2D eigenvalue weighted by Gasteiger charge is 2.44. The average molecular weight is 194 g/mol. The molecule has 1 aromatic heterocycles. The van der Waals surface area contributed by atoms with Crippen molar-refractivity contribution in [1.82, 2.24) is 10.2 Å². The Morgan fingerprint density at radius 3 is 3.00 bits per heavy atom. The minimum absolute atomic E-state index is 0.149. The molecule has 1 aromatic rings. The zero-order valence-electron chi connectivity index (χ0n) is 8.08. The van der Waals surface area contributed by atoms with Gasteiger partial charge in [-0.05, 0) is 25.7 Å². The number of hydrogen-bond donors (Lipinski definition) is 3. The number of carbonyl (C=O) groups is 1. The van der Waals surface area contributed by atoms with Gasteiger partial charge in [-0.2, -0.15) is 5.10 Å². The lowest BCUT2D eigenvalue weighted by Gasteiger charge is -2.22. The van der Waals surface area contributed by atoms with Crippen LogP contribution in [0, 0.1) is 5.92 Å². The van der Waals surface area contributed by atoms with Gasteiger partial charge in [0.2, 0.25) is 5.91 Å². The van der Waals surface area contributed by atoms with Crippen LogP contribution in [0.2, 0.25) is 0 Å². The van der Waals surface area contributed by atoms with Gasteiger partial charge in [-0.1, -0.05) is 0 Å². The first-order chi connectivity index (χ1) is 6.60. The second-order valence-corrected chi connectivity index (χ2v) is 3.98.